The van der Waals surface area contributed by atoms with Crippen LogP contribution in [0.3, 0.4) is 0 Å². The standard InChI is InChI=1S/C33H31P2.C5H5.Ru/c1-24-14-5-9-18-28(24)34(29-19-10-6-15-25(29)2)32-22-13-23-33(32)35(30-20-11-7-16-26(30)3)31-21-12-8-17-27(31)4;1-2-4-5-3-1;/h5-23H,1-4H3;1-5H;/q-1;-5;. The van der Waals surface area contributed by atoms with Gasteiger partial charge >= 0.3 is 0 Å². The van der Waals surface area contributed by atoms with E-state index >= 15 is 0 Å². The molecule has 0 aromatic heterocycles. The van der Waals surface area contributed by atoms with E-state index < -0.39 is 15.8 Å². The molecule has 0 aliphatic carbocycles. The SMILES string of the molecule is Cc1ccccc1P(c1ccccc1C)c1ccc[c-]1P(c1ccccc1C)c1ccccc1C.[Ru].[cH-]1[cH-][cH-][cH-][cH-]1. The van der Waals surface area contributed by atoms with Crippen molar-refractivity contribution in [2.45, 2.75) is 27.7 Å². The largest absolute Gasteiger partial charge is 0.748 e. The molecule has 212 valence electrons. The maximum Gasteiger partial charge on any atom is 0 e. The fourth-order valence-electron chi connectivity index (χ4n) is 5.14. The third-order valence-corrected chi connectivity index (χ3v) is 13.1. The monoisotopic (exact) mass is 656 g/mol. The second kappa shape index (κ2) is 14.8. The van der Waals surface area contributed by atoms with E-state index in [-0.39, 0.29) is 19.5 Å². The van der Waals surface area contributed by atoms with Crippen molar-refractivity contribution in [3.05, 3.63) is 168 Å². The Kier molecular flexibility index (Phi) is 11.2. The summed E-state index contributed by atoms with van der Waals surface area (Å²) >= 11 is 0. The molecule has 41 heavy (non-hydrogen) atoms. The minimum atomic E-state index is -0.688. The molecule has 0 bridgehead atoms. The van der Waals surface area contributed by atoms with Crippen molar-refractivity contribution in [1.82, 2.24) is 0 Å². The molecular weight excluding hydrogens is 619 g/mol. The molecule has 3 heteroatoms. The van der Waals surface area contributed by atoms with Crippen LogP contribution in [0.1, 0.15) is 22.3 Å². The van der Waals surface area contributed by atoms with E-state index in [1.165, 1.54) is 54.1 Å². The first kappa shape index (κ1) is 31.0. The summed E-state index contributed by atoms with van der Waals surface area (Å²) in [6, 6.07) is 52.9. The summed E-state index contributed by atoms with van der Waals surface area (Å²) < 4.78 is 0. The number of hydrogen-bond donors (Lipinski definition) is 0. The van der Waals surface area contributed by atoms with E-state index in [0.717, 1.165) is 0 Å². The minimum absolute atomic E-state index is 0. The molecule has 6 rings (SSSR count). The molecule has 0 nitrogen and oxygen atoms in total. The van der Waals surface area contributed by atoms with E-state index in [1.54, 1.807) is 0 Å². The first-order valence-corrected chi connectivity index (χ1v) is 16.5. The van der Waals surface area contributed by atoms with Gasteiger partial charge in [-0.3, -0.25) is 0 Å². The Balaban J connectivity index is 0.000000584. The van der Waals surface area contributed by atoms with Crippen molar-refractivity contribution in [2.75, 3.05) is 0 Å². The normalized spacial score (nSPS) is 10.7. The number of rotatable bonds is 6. The summed E-state index contributed by atoms with van der Waals surface area (Å²) in [5.74, 6) is 0. The van der Waals surface area contributed by atoms with Gasteiger partial charge in [-0.15, -0.1) is 10.6 Å². The first-order chi connectivity index (χ1) is 19.6. The van der Waals surface area contributed by atoms with Crippen LogP contribution in [0.5, 0.6) is 0 Å². The van der Waals surface area contributed by atoms with Crippen LogP contribution in [0.15, 0.2) is 146 Å². The zero-order chi connectivity index (χ0) is 27.9. The molecule has 0 radical (unpaired) electrons. The van der Waals surface area contributed by atoms with Gasteiger partial charge < -0.3 is 30.3 Å². The topological polar surface area (TPSA) is 0 Å². The summed E-state index contributed by atoms with van der Waals surface area (Å²) in [6.07, 6.45) is 0. The minimum Gasteiger partial charge on any atom is -0.748 e. The van der Waals surface area contributed by atoms with Gasteiger partial charge in [-0.2, -0.15) is 6.07 Å². The molecule has 0 aliphatic rings. The van der Waals surface area contributed by atoms with Gasteiger partial charge in [0, 0.05) is 19.5 Å². The molecular formula is C38H36P2Ru-6. The van der Waals surface area contributed by atoms with Gasteiger partial charge in [-0.1, -0.05) is 105 Å². The van der Waals surface area contributed by atoms with Gasteiger partial charge in [-0.25, -0.2) is 12.1 Å². The zero-order valence-corrected chi connectivity index (χ0v) is 27.6. The predicted octanol–water partition coefficient (Wildman–Crippen LogP) is 7.56. The van der Waals surface area contributed by atoms with Gasteiger partial charge in [0.15, 0.2) is 0 Å². The van der Waals surface area contributed by atoms with Crippen molar-refractivity contribution < 1.29 is 19.5 Å². The molecule has 0 aliphatic heterocycles. The van der Waals surface area contributed by atoms with Crippen molar-refractivity contribution in [3.63, 3.8) is 0 Å². The second-order valence-corrected chi connectivity index (χ2v) is 14.3. The predicted molar refractivity (Wildman–Crippen MR) is 180 cm³/mol. The Bertz CT molecular complexity index is 1440. The Labute approximate surface area is 261 Å². The van der Waals surface area contributed by atoms with Crippen molar-refractivity contribution in [3.8, 4) is 0 Å². The van der Waals surface area contributed by atoms with E-state index in [4.69, 9.17) is 0 Å². The molecule has 6 aromatic rings. The Hall–Kier alpha value is -2.94. The Morgan fingerprint density at radius 3 is 1.15 bits per heavy atom. The van der Waals surface area contributed by atoms with E-state index in [9.17, 15) is 0 Å². The number of hydrogen-bond acceptors (Lipinski definition) is 0. The van der Waals surface area contributed by atoms with Crippen LogP contribution in [-0.4, -0.2) is 0 Å². The molecule has 0 unspecified atom stereocenters. The van der Waals surface area contributed by atoms with Crippen molar-refractivity contribution >= 4 is 47.7 Å². The number of benzene rings is 4. The van der Waals surface area contributed by atoms with Gasteiger partial charge in [0.05, 0.1) is 0 Å². The maximum absolute atomic E-state index is 2.39. The molecule has 6 aromatic carbocycles. The fraction of sp³-hybridized carbons (Fsp3) is 0.105. The molecule has 0 atom stereocenters. The fourth-order valence-corrected chi connectivity index (χ4v) is 11.0. The van der Waals surface area contributed by atoms with E-state index in [0.29, 0.717) is 0 Å². The zero-order valence-electron chi connectivity index (χ0n) is 24.1. The summed E-state index contributed by atoms with van der Waals surface area (Å²) in [4.78, 5) is 0. The van der Waals surface area contributed by atoms with Crippen LogP contribution in [0.25, 0.3) is 0 Å². The Morgan fingerprint density at radius 1 is 0.439 bits per heavy atom. The van der Waals surface area contributed by atoms with Crippen molar-refractivity contribution in [2.24, 2.45) is 0 Å². The first-order valence-electron chi connectivity index (χ1n) is 13.8. The molecule has 0 spiro atoms. The van der Waals surface area contributed by atoms with E-state index in [1.807, 2.05) is 30.3 Å². The van der Waals surface area contributed by atoms with Crippen molar-refractivity contribution in [1.29, 1.82) is 0 Å². The average molecular weight is 656 g/mol. The summed E-state index contributed by atoms with van der Waals surface area (Å²) in [5.41, 5.74) is 5.46. The summed E-state index contributed by atoms with van der Waals surface area (Å²) in [7, 11) is -1.38. The van der Waals surface area contributed by atoms with Crippen LogP contribution in [0.4, 0.5) is 0 Å². The number of aryl methyl sites for hydroxylation is 4. The smallest absolute Gasteiger partial charge is 0 e. The third kappa shape index (κ3) is 7.11. The van der Waals surface area contributed by atoms with Gasteiger partial charge in [0.25, 0.3) is 0 Å². The molecule has 0 amide bonds. The van der Waals surface area contributed by atoms with E-state index in [2.05, 4.69) is 143 Å². The van der Waals surface area contributed by atoms with Crippen LogP contribution in [-0.2, 0) is 19.5 Å². The van der Waals surface area contributed by atoms with Gasteiger partial charge in [-0.05, 0) is 79.1 Å². The maximum atomic E-state index is 2.39. The van der Waals surface area contributed by atoms with Crippen LogP contribution in [0.2, 0.25) is 0 Å². The second-order valence-electron chi connectivity index (χ2n) is 10.1. The summed E-state index contributed by atoms with van der Waals surface area (Å²) in [6.45, 7) is 9.04. The van der Waals surface area contributed by atoms with Gasteiger partial charge in [0.2, 0.25) is 0 Å². The Morgan fingerprint density at radius 2 is 0.780 bits per heavy atom. The third-order valence-electron chi connectivity index (χ3n) is 7.23. The molecule has 0 N–H and O–H groups in total. The van der Waals surface area contributed by atoms with Crippen LogP contribution in [0, 0.1) is 27.7 Å². The van der Waals surface area contributed by atoms with Gasteiger partial charge in [0.1, 0.15) is 0 Å². The molecule has 0 saturated heterocycles. The average Bonchev–Trinajstić information content (AvgIpc) is 3.70. The molecule has 0 heterocycles. The summed E-state index contributed by atoms with van der Waals surface area (Å²) in [5, 5.41) is 8.78. The quantitative estimate of drug-likeness (QED) is 0.0988. The van der Waals surface area contributed by atoms with Crippen LogP contribution >= 0.6 is 15.8 Å². The van der Waals surface area contributed by atoms with Crippen LogP contribution < -0.4 is 31.8 Å². The molecule has 0 saturated carbocycles. The molecule has 0 fully saturated rings.